The number of hydrogen-bond donors (Lipinski definition) is 1. The van der Waals surface area contributed by atoms with Crippen molar-refractivity contribution in [3.8, 4) is 0 Å². The molecule has 1 aliphatic carbocycles. The smallest absolute Gasteiger partial charge is 0.248 e. The van der Waals surface area contributed by atoms with Crippen molar-refractivity contribution in [2.24, 2.45) is 11.3 Å². The lowest BCUT2D eigenvalue weighted by Crippen LogP contribution is -2.52. The van der Waals surface area contributed by atoms with Gasteiger partial charge in [0.25, 0.3) is 0 Å². The van der Waals surface area contributed by atoms with Gasteiger partial charge >= 0.3 is 0 Å². The predicted octanol–water partition coefficient (Wildman–Crippen LogP) is 7.99. The molecule has 0 amide bonds. The van der Waals surface area contributed by atoms with Crippen LogP contribution in [-0.4, -0.2) is 24.9 Å². The molecule has 0 aromatic carbocycles. The van der Waals surface area contributed by atoms with E-state index in [0.717, 1.165) is 48.1 Å². The first kappa shape index (κ1) is 21.0. The summed E-state index contributed by atoms with van der Waals surface area (Å²) in [7, 11) is 0. The summed E-state index contributed by atoms with van der Waals surface area (Å²) in [6, 6.07) is 4.36. The van der Waals surface area contributed by atoms with Crippen LogP contribution in [0.3, 0.4) is 0 Å². The van der Waals surface area contributed by atoms with E-state index in [4.69, 9.17) is 0 Å². The van der Waals surface area contributed by atoms with Gasteiger partial charge < -0.3 is 9.67 Å². The SMILES string of the molecule is C[C@@]12SC3c4cc5scc(Br)c5n4C(O)C4=C/C(=C/c5cc6scc(Br)c6n5C1=O)C[C@]2(C)C43. The Balaban J connectivity index is 1.47. The molecule has 172 valence electrons. The molecule has 3 aliphatic heterocycles. The zero-order valence-corrected chi connectivity index (χ0v) is 23.8. The maximum absolute atomic E-state index is 14.6. The molecule has 4 aliphatic rings. The van der Waals surface area contributed by atoms with Crippen molar-refractivity contribution < 1.29 is 9.90 Å². The quantitative estimate of drug-likeness (QED) is 0.214. The molecule has 0 spiro atoms. The molecule has 4 aromatic heterocycles. The van der Waals surface area contributed by atoms with Crippen molar-refractivity contribution in [3.05, 3.63) is 60.4 Å². The number of fused-ring (bicyclic) bond motifs is 8. The number of nitrogens with zero attached hydrogens (tertiary/aromatic N) is 2. The number of hydrogen-bond acceptors (Lipinski definition) is 5. The van der Waals surface area contributed by atoms with E-state index in [1.54, 1.807) is 34.4 Å². The Morgan fingerprint density at radius 2 is 1.76 bits per heavy atom. The van der Waals surface area contributed by atoms with Gasteiger partial charge in [-0.05, 0) is 74.6 Å². The van der Waals surface area contributed by atoms with Crippen LogP contribution in [-0.2, 0) is 0 Å². The van der Waals surface area contributed by atoms with Crippen LogP contribution in [0.1, 0.15) is 47.9 Å². The van der Waals surface area contributed by atoms with Crippen molar-refractivity contribution in [1.29, 1.82) is 0 Å². The van der Waals surface area contributed by atoms with Gasteiger partial charge in [0.15, 0.2) is 6.23 Å². The van der Waals surface area contributed by atoms with E-state index >= 15 is 0 Å². The highest BCUT2D eigenvalue weighted by atomic mass is 79.9. The second kappa shape index (κ2) is 6.42. The van der Waals surface area contributed by atoms with Crippen LogP contribution in [0, 0.1) is 11.3 Å². The maximum Gasteiger partial charge on any atom is 0.248 e. The minimum atomic E-state index is -0.732. The Labute approximate surface area is 224 Å². The Morgan fingerprint density at radius 3 is 2.53 bits per heavy atom. The zero-order valence-electron chi connectivity index (χ0n) is 18.1. The van der Waals surface area contributed by atoms with E-state index in [2.05, 4.69) is 85.3 Å². The summed E-state index contributed by atoms with van der Waals surface area (Å²) in [5.41, 5.74) is 6.00. The first-order valence-corrected chi connectivity index (χ1v) is 15.3. The first-order valence-electron chi connectivity index (χ1n) is 11.1. The monoisotopic (exact) mass is 632 g/mol. The topological polar surface area (TPSA) is 47.2 Å². The summed E-state index contributed by atoms with van der Waals surface area (Å²) in [5, 5.41) is 16.0. The third-order valence-corrected chi connectivity index (χ3v) is 14.1. The molecule has 0 saturated carbocycles. The Hall–Kier alpha value is -1.10. The summed E-state index contributed by atoms with van der Waals surface area (Å²) < 4.78 is 7.66. The van der Waals surface area contributed by atoms with Crippen LogP contribution in [0.4, 0.5) is 0 Å². The lowest BCUT2D eigenvalue weighted by Gasteiger charge is -2.49. The largest absolute Gasteiger partial charge is 0.369 e. The van der Waals surface area contributed by atoms with E-state index in [1.165, 1.54) is 10.3 Å². The zero-order chi connectivity index (χ0) is 23.3. The number of carbonyl (C=O) groups excluding carboxylic acids is 1. The summed E-state index contributed by atoms with van der Waals surface area (Å²) in [6.07, 6.45) is 4.49. The molecule has 8 rings (SSSR count). The van der Waals surface area contributed by atoms with Gasteiger partial charge in [0.2, 0.25) is 5.91 Å². The van der Waals surface area contributed by atoms with Gasteiger partial charge in [0, 0.05) is 27.8 Å². The van der Waals surface area contributed by atoms with Gasteiger partial charge in [-0.25, -0.2) is 0 Å². The number of thioether (sulfide) groups is 1. The standard InChI is InChI=1S/C25H18Br2N2O2S3/c1-24-7-10-3-11-5-16-19(13(26)8-32-16)28(11)23(31)25(24,2)34-21-15-6-17-20(14(27)9-33-17)29(15)22(30)12(4-10)18(21)24/h3-6,8-9,18,21-22,30H,7H2,1-2H3/b10-3-/t18?,21?,22?,24-,25-/m1/s1. The van der Waals surface area contributed by atoms with Gasteiger partial charge in [-0.15, -0.1) is 34.4 Å². The molecule has 0 radical (unpaired) electrons. The van der Waals surface area contributed by atoms with E-state index in [9.17, 15) is 9.90 Å². The van der Waals surface area contributed by atoms with Crippen LogP contribution < -0.4 is 0 Å². The normalized spacial score (nSPS) is 35.1. The Bertz CT molecular complexity index is 1690. The van der Waals surface area contributed by atoms with Crippen molar-refractivity contribution in [2.45, 2.75) is 36.5 Å². The van der Waals surface area contributed by atoms with Crippen molar-refractivity contribution in [2.75, 3.05) is 0 Å². The highest BCUT2D eigenvalue weighted by Crippen LogP contribution is 2.73. The van der Waals surface area contributed by atoms with E-state index < -0.39 is 11.0 Å². The number of aliphatic hydroxyl groups is 1. The molecular weight excluding hydrogens is 616 g/mol. The molecule has 5 atom stereocenters. The molecule has 4 nitrogen and oxygen atoms in total. The number of rotatable bonds is 0. The highest BCUT2D eigenvalue weighted by Gasteiger charge is 2.68. The fourth-order valence-corrected chi connectivity index (χ4v) is 12.3. The number of allylic oxidation sites excluding steroid dienone is 2. The number of thiophene rings is 2. The molecule has 1 fully saturated rings. The fourth-order valence-electron chi connectivity index (χ4n) is 6.91. The molecule has 3 unspecified atom stereocenters. The lowest BCUT2D eigenvalue weighted by atomic mass is 9.57. The average molecular weight is 634 g/mol. The minimum absolute atomic E-state index is 0.104. The van der Waals surface area contributed by atoms with Crippen LogP contribution in [0.2, 0.25) is 0 Å². The molecule has 1 saturated heterocycles. The van der Waals surface area contributed by atoms with Crippen LogP contribution in [0.5, 0.6) is 0 Å². The van der Waals surface area contributed by atoms with Crippen molar-refractivity contribution in [3.63, 3.8) is 0 Å². The minimum Gasteiger partial charge on any atom is -0.369 e. The third kappa shape index (κ3) is 2.21. The number of halogens is 2. The summed E-state index contributed by atoms with van der Waals surface area (Å²) in [4.78, 5) is 14.6. The average Bonchev–Trinajstić information content (AvgIpc) is 3.55. The predicted molar refractivity (Wildman–Crippen MR) is 148 cm³/mol. The third-order valence-electron chi connectivity index (χ3n) is 8.56. The highest BCUT2D eigenvalue weighted by molar-refractivity contribution is 9.11. The molecule has 1 N–H and O–H groups in total. The maximum atomic E-state index is 14.6. The first-order chi connectivity index (χ1) is 16.2. The molecule has 2 bridgehead atoms. The van der Waals surface area contributed by atoms with Crippen LogP contribution in [0.25, 0.3) is 26.5 Å². The van der Waals surface area contributed by atoms with Gasteiger partial charge in [0.1, 0.15) is 0 Å². The van der Waals surface area contributed by atoms with Crippen LogP contribution >= 0.6 is 66.3 Å². The number of carbonyl (C=O) groups is 1. The van der Waals surface area contributed by atoms with Gasteiger partial charge in [-0.1, -0.05) is 13.0 Å². The van der Waals surface area contributed by atoms with Crippen LogP contribution in [0.15, 0.2) is 49.1 Å². The molecule has 4 aromatic rings. The second-order valence-corrected chi connectivity index (χ2v) is 15.2. The molecular formula is C25H18Br2N2O2S3. The lowest BCUT2D eigenvalue weighted by molar-refractivity contribution is 0.0549. The summed E-state index contributed by atoms with van der Waals surface area (Å²) in [6.45, 7) is 4.43. The van der Waals surface area contributed by atoms with Gasteiger partial charge in [-0.2, -0.15) is 0 Å². The Kier molecular flexibility index (Phi) is 3.97. The fraction of sp³-hybridized carbons (Fsp3) is 0.320. The summed E-state index contributed by atoms with van der Waals surface area (Å²) >= 11 is 12.6. The van der Waals surface area contributed by atoms with E-state index in [-0.39, 0.29) is 22.5 Å². The molecule has 7 heterocycles. The second-order valence-electron chi connectivity index (χ2n) is 10.1. The van der Waals surface area contributed by atoms with Crippen molar-refractivity contribution >= 4 is 98.7 Å². The van der Waals surface area contributed by atoms with E-state index in [0.29, 0.717) is 0 Å². The number of aromatic nitrogens is 2. The molecule has 9 heteroatoms. The summed E-state index contributed by atoms with van der Waals surface area (Å²) in [5.74, 6) is 0.248. The van der Waals surface area contributed by atoms with E-state index in [1.807, 2.05) is 4.57 Å². The van der Waals surface area contributed by atoms with Gasteiger partial charge in [-0.3, -0.25) is 9.36 Å². The number of aliphatic hydroxyl groups excluding tert-OH is 1. The Morgan fingerprint density at radius 1 is 1.06 bits per heavy atom. The van der Waals surface area contributed by atoms with Crippen molar-refractivity contribution in [1.82, 2.24) is 9.13 Å². The molecule has 34 heavy (non-hydrogen) atoms. The van der Waals surface area contributed by atoms with Gasteiger partial charge in [0.05, 0.1) is 45.1 Å².